The second-order valence-corrected chi connectivity index (χ2v) is 5.25. The van der Waals surface area contributed by atoms with Crippen LogP contribution in [0.5, 0.6) is 0 Å². The van der Waals surface area contributed by atoms with E-state index >= 15 is 0 Å². The molecule has 0 atom stereocenters. The topological polar surface area (TPSA) is 25.8 Å². The lowest BCUT2D eigenvalue weighted by atomic mass is 9.92. The summed E-state index contributed by atoms with van der Waals surface area (Å²) >= 11 is 0. The van der Waals surface area contributed by atoms with E-state index < -0.39 is 0 Å². The van der Waals surface area contributed by atoms with Gasteiger partial charge < -0.3 is 0 Å². The standard InChI is InChI=1S/C20H14N2/c1-3-7-15(8-4-1)19-11-17-13-21-22-14-18(17)12-20(19)16-9-5-2-6-10-16/h1-14H. The normalized spacial score (nSPS) is 10.7. The molecule has 0 N–H and O–H groups in total. The SMILES string of the molecule is c1ccc(-c2cc3cnncc3cc2-c2ccccc2)cc1. The number of nitrogens with zero attached hydrogens (tertiary/aromatic N) is 2. The molecule has 0 aliphatic rings. The molecule has 22 heavy (non-hydrogen) atoms. The van der Waals surface area contributed by atoms with Gasteiger partial charge in [0.15, 0.2) is 0 Å². The van der Waals surface area contributed by atoms with Crippen LogP contribution in [0.2, 0.25) is 0 Å². The van der Waals surface area contributed by atoms with E-state index in [-0.39, 0.29) is 0 Å². The van der Waals surface area contributed by atoms with Crippen LogP contribution in [-0.2, 0) is 0 Å². The molecule has 1 aromatic heterocycles. The number of aromatic nitrogens is 2. The molecule has 0 unspecified atom stereocenters. The summed E-state index contributed by atoms with van der Waals surface area (Å²) < 4.78 is 0. The van der Waals surface area contributed by atoms with Gasteiger partial charge in [-0.3, -0.25) is 0 Å². The second-order valence-electron chi connectivity index (χ2n) is 5.25. The van der Waals surface area contributed by atoms with E-state index in [0.29, 0.717) is 0 Å². The number of hydrogen-bond donors (Lipinski definition) is 0. The Hall–Kier alpha value is -3.00. The lowest BCUT2D eigenvalue weighted by Gasteiger charge is -2.12. The van der Waals surface area contributed by atoms with Crippen molar-refractivity contribution in [2.24, 2.45) is 0 Å². The van der Waals surface area contributed by atoms with Gasteiger partial charge in [0.05, 0.1) is 12.4 Å². The molecule has 3 aromatic carbocycles. The van der Waals surface area contributed by atoms with Gasteiger partial charge in [0.2, 0.25) is 0 Å². The van der Waals surface area contributed by atoms with Crippen molar-refractivity contribution in [1.29, 1.82) is 0 Å². The zero-order chi connectivity index (χ0) is 14.8. The van der Waals surface area contributed by atoms with Crippen molar-refractivity contribution in [2.45, 2.75) is 0 Å². The first-order valence-electron chi connectivity index (χ1n) is 7.27. The van der Waals surface area contributed by atoms with Crippen molar-refractivity contribution < 1.29 is 0 Å². The van der Waals surface area contributed by atoms with Crippen molar-refractivity contribution in [1.82, 2.24) is 10.2 Å². The Morgan fingerprint density at radius 1 is 0.500 bits per heavy atom. The van der Waals surface area contributed by atoms with Crippen molar-refractivity contribution >= 4 is 10.8 Å². The third kappa shape index (κ3) is 2.25. The van der Waals surface area contributed by atoms with Gasteiger partial charge in [0, 0.05) is 10.8 Å². The summed E-state index contributed by atoms with van der Waals surface area (Å²) in [5, 5.41) is 10.2. The molecule has 0 bridgehead atoms. The van der Waals surface area contributed by atoms with Crippen LogP contribution in [0, 0.1) is 0 Å². The monoisotopic (exact) mass is 282 g/mol. The Labute approximate surface area is 129 Å². The predicted molar refractivity (Wildman–Crippen MR) is 90.4 cm³/mol. The maximum absolute atomic E-state index is 4.00. The van der Waals surface area contributed by atoms with Crippen LogP contribution in [0.15, 0.2) is 85.2 Å². The van der Waals surface area contributed by atoms with E-state index in [0.717, 1.165) is 10.8 Å². The highest BCUT2D eigenvalue weighted by atomic mass is 15.1. The zero-order valence-corrected chi connectivity index (χ0v) is 12.0. The minimum absolute atomic E-state index is 1.11. The molecular formula is C20H14N2. The van der Waals surface area contributed by atoms with E-state index in [2.05, 4.69) is 70.9 Å². The molecular weight excluding hydrogens is 268 g/mol. The molecule has 4 rings (SSSR count). The van der Waals surface area contributed by atoms with Crippen LogP contribution in [0.25, 0.3) is 33.0 Å². The van der Waals surface area contributed by atoms with Gasteiger partial charge in [-0.15, -0.1) is 0 Å². The van der Waals surface area contributed by atoms with Gasteiger partial charge in [0.1, 0.15) is 0 Å². The van der Waals surface area contributed by atoms with E-state index in [4.69, 9.17) is 0 Å². The lowest BCUT2D eigenvalue weighted by molar-refractivity contribution is 1.05. The van der Waals surface area contributed by atoms with Gasteiger partial charge in [-0.1, -0.05) is 60.7 Å². The number of rotatable bonds is 2. The smallest absolute Gasteiger partial charge is 0.0574 e. The minimum Gasteiger partial charge on any atom is -0.158 e. The van der Waals surface area contributed by atoms with E-state index in [1.165, 1.54) is 22.3 Å². The van der Waals surface area contributed by atoms with Crippen molar-refractivity contribution in [2.75, 3.05) is 0 Å². The van der Waals surface area contributed by atoms with Crippen LogP contribution in [0.3, 0.4) is 0 Å². The maximum atomic E-state index is 4.00. The first-order chi connectivity index (χ1) is 10.9. The van der Waals surface area contributed by atoms with Crippen LogP contribution in [-0.4, -0.2) is 10.2 Å². The first kappa shape index (κ1) is 12.7. The third-order valence-electron chi connectivity index (χ3n) is 3.85. The summed E-state index contributed by atoms with van der Waals surface area (Å²) in [5.41, 5.74) is 4.85. The summed E-state index contributed by atoms with van der Waals surface area (Å²) in [4.78, 5) is 0. The summed E-state index contributed by atoms with van der Waals surface area (Å²) in [6.07, 6.45) is 3.63. The quantitative estimate of drug-likeness (QED) is 0.519. The second kappa shape index (κ2) is 5.41. The van der Waals surface area contributed by atoms with Crippen LogP contribution < -0.4 is 0 Å². The summed E-state index contributed by atoms with van der Waals surface area (Å²) in [7, 11) is 0. The summed E-state index contributed by atoms with van der Waals surface area (Å²) in [5.74, 6) is 0. The van der Waals surface area contributed by atoms with Gasteiger partial charge in [0.25, 0.3) is 0 Å². The maximum Gasteiger partial charge on any atom is 0.0574 e. The van der Waals surface area contributed by atoms with Gasteiger partial charge >= 0.3 is 0 Å². The highest BCUT2D eigenvalue weighted by Crippen LogP contribution is 2.35. The minimum atomic E-state index is 1.11. The molecule has 0 amide bonds. The summed E-state index contributed by atoms with van der Waals surface area (Å²) in [6.45, 7) is 0. The molecule has 0 fully saturated rings. The molecule has 0 aliphatic carbocycles. The van der Waals surface area contributed by atoms with Gasteiger partial charge in [-0.05, 0) is 34.4 Å². The summed E-state index contributed by atoms with van der Waals surface area (Å²) in [6, 6.07) is 25.3. The molecule has 4 aromatic rings. The average Bonchev–Trinajstić information content (AvgIpc) is 2.62. The highest BCUT2D eigenvalue weighted by Gasteiger charge is 2.09. The van der Waals surface area contributed by atoms with Crippen LogP contribution >= 0.6 is 0 Å². The van der Waals surface area contributed by atoms with E-state index in [1.807, 2.05) is 24.5 Å². The molecule has 0 spiro atoms. The van der Waals surface area contributed by atoms with Gasteiger partial charge in [-0.2, -0.15) is 10.2 Å². The molecule has 2 heteroatoms. The Morgan fingerprint density at radius 3 is 1.32 bits per heavy atom. The van der Waals surface area contributed by atoms with Crippen molar-refractivity contribution in [3.63, 3.8) is 0 Å². The fourth-order valence-electron chi connectivity index (χ4n) is 2.76. The molecule has 0 saturated carbocycles. The highest BCUT2D eigenvalue weighted by molar-refractivity contribution is 5.95. The third-order valence-corrected chi connectivity index (χ3v) is 3.85. The van der Waals surface area contributed by atoms with Crippen molar-refractivity contribution in [3.8, 4) is 22.3 Å². The van der Waals surface area contributed by atoms with Crippen LogP contribution in [0.1, 0.15) is 0 Å². The largest absolute Gasteiger partial charge is 0.158 e. The number of benzene rings is 3. The van der Waals surface area contributed by atoms with Crippen LogP contribution in [0.4, 0.5) is 0 Å². The van der Waals surface area contributed by atoms with E-state index in [1.54, 1.807) is 0 Å². The Morgan fingerprint density at radius 2 is 0.909 bits per heavy atom. The Bertz CT molecular complexity index is 838. The molecule has 1 heterocycles. The first-order valence-corrected chi connectivity index (χ1v) is 7.27. The number of fused-ring (bicyclic) bond motifs is 1. The molecule has 0 radical (unpaired) electrons. The molecule has 2 nitrogen and oxygen atoms in total. The lowest BCUT2D eigenvalue weighted by Crippen LogP contribution is -1.88. The van der Waals surface area contributed by atoms with Gasteiger partial charge in [-0.25, -0.2) is 0 Å². The molecule has 0 aliphatic heterocycles. The van der Waals surface area contributed by atoms with E-state index in [9.17, 15) is 0 Å². The fourth-order valence-corrected chi connectivity index (χ4v) is 2.76. The Kier molecular flexibility index (Phi) is 3.13. The average molecular weight is 282 g/mol. The van der Waals surface area contributed by atoms with Crippen molar-refractivity contribution in [3.05, 3.63) is 85.2 Å². The Balaban J connectivity index is 2.04. The predicted octanol–water partition coefficient (Wildman–Crippen LogP) is 4.96. The number of hydrogen-bond acceptors (Lipinski definition) is 2. The zero-order valence-electron chi connectivity index (χ0n) is 12.0. The fraction of sp³-hybridized carbons (Fsp3) is 0. The molecule has 0 saturated heterocycles. The molecule has 104 valence electrons.